The molecule has 0 N–H and O–H groups in total. The van der Waals surface area contributed by atoms with Crippen molar-refractivity contribution in [3.63, 3.8) is 0 Å². The summed E-state index contributed by atoms with van der Waals surface area (Å²) in [7, 11) is -2.31. The van der Waals surface area contributed by atoms with Gasteiger partial charge in [0.05, 0.1) is 19.4 Å². The van der Waals surface area contributed by atoms with Crippen molar-refractivity contribution in [2.24, 2.45) is 0 Å². The Morgan fingerprint density at radius 1 is 1.50 bits per heavy atom. The number of ether oxygens (including phenoxy) is 1. The maximum atomic E-state index is 12.4. The summed E-state index contributed by atoms with van der Waals surface area (Å²) in [6, 6.07) is 0. The van der Waals surface area contributed by atoms with Crippen LogP contribution in [0.25, 0.3) is 0 Å². The van der Waals surface area contributed by atoms with Crippen molar-refractivity contribution in [1.82, 2.24) is 0 Å². The fraction of sp³-hybridized carbons (Fsp3) is 1.00. The van der Waals surface area contributed by atoms with Crippen molar-refractivity contribution in [2.45, 2.75) is 6.92 Å². The Morgan fingerprint density at radius 3 is 2.50 bits per heavy atom. The largest absolute Gasteiger partial charge is 0.382 e. The molecule has 0 aromatic heterocycles. The van der Waals surface area contributed by atoms with E-state index in [-0.39, 0.29) is 19.4 Å². The maximum Gasteiger partial charge on any atom is 0.367 e. The summed E-state index contributed by atoms with van der Waals surface area (Å²) in [5.74, 6) is 0. The molecule has 0 aliphatic carbocycles. The summed E-state index contributed by atoms with van der Waals surface area (Å²) in [5, 5.41) is 0. The van der Waals surface area contributed by atoms with Crippen molar-refractivity contribution < 1.29 is 18.0 Å². The smallest absolute Gasteiger partial charge is 0.367 e. The lowest BCUT2D eigenvalue weighted by molar-refractivity contribution is 0.142. The Labute approximate surface area is 60.1 Å². The third-order valence-corrected chi connectivity index (χ3v) is 2.27. The topological polar surface area (TPSA) is 35.5 Å². The Balaban J connectivity index is 3.38. The lowest BCUT2D eigenvalue weighted by Gasteiger charge is -2.05. The molecule has 0 amide bonds. The van der Waals surface area contributed by atoms with Gasteiger partial charge in [0.2, 0.25) is 0 Å². The van der Waals surface area contributed by atoms with Crippen LogP contribution in [0.3, 0.4) is 0 Å². The lowest BCUT2D eigenvalue weighted by atomic mass is 10.8. The van der Waals surface area contributed by atoms with Crippen molar-refractivity contribution in [3.05, 3.63) is 0 Å². The molecule has 1 atom stereocenters. The first-order valence-corrected chi connectivity index (χ1v) is 4.74. The van der Waals surface area contributed by atoms with Gasteiger partial charge in [-0.05, 0) is 0 Å². The van der Waals surface area contributed by atoms with Crippen LogP contribution < -0.4 is 0 Å². The van der Waals surface area contributed by atoms with Crippen LogP contribution in [-0.2, 0) is 13.8 Å². The second-order valence-corrected chi connectivity index (χ2v) is 3.80. The zero-order valence-corrected chi connectivity index (χ0v) is 7.07. The minimum atomic E-state index is -3.78. The van der Waals surface area contributed by atoms with Crippen LogP contribution in [0.1, 0.15) is 6.92 Å². The van der Waals surface area contributed by atoms with Crippen LogP contribution in [0.15, 0.2) is 0 Å². The predicted molar refractivity (Wildman–Crippen MR) is 37.1 cm³/mol. The SMILES string of the molecule is CCP(=O)(F)OCCOC. The summed E-state index contributed by atoms with van der Waals surface area (Å²) in [6.07, 6.45) is -0.0727. The first-order valence-electron chi connectivity index (χ1n) is 3.04. The zero-order valence-electron chi connectivity index (χ0n) is 6.17. The van der Waals surface area contributed by atoms with Gasteiger partial charge in [0.15, 0.2) is 0 Å². The first-order chi connectivity index (χ1) is 4.62. The molecule has 0 rings (SSSR count). The van der Waals surface area contributed by atoms with Gasteiger partial charge in [0, 0.05) is 7.11 Å². The third kappa shape index (κ3) is 4.91. The molecule has 0 saturated heterocycles. The van der Waals surface area contributed by atoms with E-state index >= 15 is 0 Å². The molecule has 0 radical (unpaired) electrons. The molecular weight excluding hydrogens is 158 g/mol. The molecule has 0 saturated carbocycles. The molecule has 0 fully saturated rings. The van der Waals surface area contributed by atoms with E-state index in [1.165, 1.54) is 14.0 Å². The number of methoxy groups -OCH3 is 1. The van der Waals surface area contributed by atoms with Crippen LogP contribution in [0.4, 0.5) is 4.20 Å². The van der Waals surface area contributed by atoms with Crippen molar-refractivity contribution in [2.75, 3.05) is 26.5 Å². The summed E-state index contributed by atoms with van der Waals surface area (Å²) >= 11 is 0. The summed E-state index contributed by atoms with van der Waals surface area (Å²) in [4.78, 5) is 0. The Bertz CT molecular complexity index is 128. The maximum absolute atomic E-state index is 12.4. The fourth-order valence-electron chi connectivity index (χ4n) is 0.348. The molecule has 10 heavy (non-hydrogen) atoms. The molecular formula is C5H12FO3P. The molecule has 1 unspecified atom stereocenters. The zero-order chi connectivity index (χ0) is 8.04. The summed E-state index contributed by atoms with van der Waals surface area (Å²) in [5.41, 5.74) is 0. The molecule has 0 spiro atoms. The van der Waals surface area contributed by atoms with Gasteiger partial charge in [-0.2, -0.15) is 4.20 Å². The van der Waals surface area contributed by atoms with Gasteiger partial charge in [0.25, 0.3) is 0 Å². The highest BCUT2D eigenvalue weighted by Gasteiger charge is 2.17. The van der Waals surface area contributed by atoms with Crippen LogP contribution in [0, 0.1) is 0 Å². The van der Waals surface area contributed by atoms with Crippen LogP contribution >= 0.6 is 7.68 Å². The van der Waals surface area contributed by atoms with E-state index in [1.54, 1.807) is 0 Å². The second kappa shape index (κ2) is 4.83. The minimum absolute atomic E-state index is 0.0537. The summed E-state index contributed by atoms with van der Waals surface area (Å²) < 4.78 is 31.9. The Kier molecular flexibility index (Phi) is 4.87. The number of rotatable bonds is 5. The quantitative estimate of drug-likeness (QED) is 0.466. The van der Waals surface area contributed by atoms with E-state index in [0.717, 1.165) is 0 Å². The van der Waals surface area contributed by atoms with E-state index < -0.39 is 7.68 Å². The van der Waals surface area contributed by atoms with E-state index in [1.807, 2.05) is 0 Å². The van der Waals surface area contributed by atoms with Crippen LogP contribution in [0.5, 0.6) is 0 Å². The van der Waals surface area contributed by atoms with E-state index in [0.29, 0.717) is 0 Å². The molecule has 3 nitrogen and oxygen atoms in total. The Hall–Kier alpha value is 0.0800. The Morgan fingerprint density at radius 2 is 2.10 bits per heavy atom. The monoisotopic (exact) mass is 170 g/mol. The predicted octanol–water partition coefficient (Wildman–Crippen LogP) is 1.83. The van der Waals surface area contributed by atoms with Gasteiger partial charge in [-0.15, -0.1) is 0 Å². The first kappa shape index (κ1) is 10.1. The van der Waals surface area contributed by atoms with Gasteiger partial charge in [0.1, 0.15) is 0 Å². The summed E-state index contributed by atoms with van der Waals surface area (Å²) in [6.45, 7) is 1.81. The van der Waals surface area contributed by atoms with E-state index in [9.17, 15) is 8.76 Å². The van der Waals surface area contributed by atoms with Gasteiger partial charge in [-0.3, -0.25) is 4.57 Å². The average Bonchev–Trinajstić information content (AvgIpc) is 1.89. The molecule has 0 aromatic carbocycles. The molecule has 0 bridgehead atoms. The molecule has 0 aliphatic rings. The van der Waals surface area contributed by atoms with Gasteiger partial charge < -0.3 is 9.26 Å². The normalized spacial score (nSPS) is 16.7. The molecule has 0 aliphatic heterocycles. The van der Waals surface area contributed by atoms with E-state index in [4.69, 9.17) is 0 Å². The van der Waals surface area contributed by atoms with Crippen LogP contribution in [0.2, 0.25) is 0 Å². The van der Waals surface area contributed by atoms with Gasteiger partial charge in [-0.25, -0.2) is 0 Å². The number of halogens is 1. The third-order valence-electron chi connectivity index (χ3n) is 0.949. The average molecular weight is 170 g/mol. The molecule has 0 aromatic rings. The van der Waals surface area contributed by atoms with Crippen molar-refractivity contribution >= 4 is 7.68 Å². The standard InChI is InChI=1S/C5H12FO3P/c1-3-10(6,7)9-5-4-8-2/h3-5H2,1-2H3. The highest BCUT2D eigenvalue weighted by Crippen LogP contribution is 2.47. The molecule has 0 heterocycles. The number of hydrogen-bond donors (Lipinski definition) is 0. The number of hydrogen-bond acceptors (Lipinski definition) is 3. The van der Waals surface area contributed by atoms with Gasteiger partial charge in [-0.1, -0.05) is 6.92 Å². The minimum Gasteiger partial charge on any atom is -0.382 e. The highest BCUT2D eigenvalue weighted by atomic mass is 31.2. The molecule has 62 valence electrons. The molecule has 5 heteroatoms. The van der Waals surface area contributed by atoms with Gasteiger partial charge >= 0.3 is 7.68 Å². The second-order valence-electron chi connectivity index (χ2n) is 1.73. The van der Waals surface area contributed by atoms with E-state index in [2.05, 4.69) is 9.26 Å². The highest BCUT2D eigenvalue weighted by molar-refractivity contribution is 7.53. The van der Waals surface area contributed by atoms with Crippen LogP contribution in [-0.4, -0.2) is 26.5 Å². The fourth-order valence-corrected chi connectivity index (χ4v) is 0.878. The van der Waals surface area contributed by atoms with Crippen molar-refractivity contribution in [3.8, 4) is 0 Å². The lowest BCUT2D eigenvalue weighted by Crippen LogP contribution is -1.99. The van der Waals surface area contributed by atoms with Crippen molar-refractivity contribution in [1.29, 1.82) is 0 Å².